The first kappa shape index (κ1) is 34.4. The zero-order valence-corrected chi connectivity index (χ0v) is 28.2. The molecule has 5 aromatic rings. The number of carboxylic acids is 1. The molecule has 13 heteroatoms. The van der Waals surface area contributed by atoms with Crippen LogP contribution in [0.3, 0.4) is 0 Å². The Bertz CT molecular complexity index is 2070. The van der Waals surface area contributed by atoms with E-state index in [1.54, 1.807) is 18.2 Å². The van der Waals surface area contributed by atoms with Crippen molar-refractivity contribution in [2.24, 2.45) is 0 Å². The minimum absolute atomic E-state index is 0.0354. The first-order valence-electron chi connectivity index (χ1n) is 15.7. The van der Waals surface area contributed by atoms with Gasteiger partial charge in [0.05, 0.1) is 24.5 Å². The number of carboxylic acid groups (broad SMARTS) is 1. The summed E-state index contributed by atoms with van der Waals surface area (Å²) in [6, 6.07) is 30.0. The van der Waals surface area contributed by atoms with Gasteiger partial charge in [0.1, 0.15) is 28.3 Å². The lowest BCUT2D eigenvalue weighted by Crippen LogP contribution is -2.42. The van der Waals surface area contributed by atoms with Crippen molar-refractivity contribution in [2.45, 2.75) is 17.4 Å². The van der Waals surface area contributed by atoms with Gasteiger partial charge in [-0.15, -0.1) is 0 Å². The molecule has 1 amide bonds. The zero-order valence-electron chi connectivity index (χ0n) is 26.7. The van der Waals surface area contributed by atoms with E-state index in [-0.39, 0.29) is 27.6 Å². The number of sulfonamides is 1. The second-order valence-corrected chi connectivity index (χ2v) is 13.5. The number of ether oxygens (including phenoxy) is 2. The molecule has 3 N–H and O–H groups in total. The molecule has 1 aromatic heterocycles. The van der Waals surface area contributed by atoms with Crippen molar-refractivity contribution in [2.75, 3.05) is 35.9 Å². The summed E-state index contributed by atoms with van der Waals surface area (Å²) in [5, 5.41) is 12.7. The van der Waals surface area contributed by atoms with Crippen LogP contribution in [0.2, 0.25) is 5.02 Å². The number of rotatable bonds is 12. The molecule has 1 unspecified atom stereocenters. The van der Waals surface area contributed by atoms with Crippen LogP contribution in [0.25, 0.3) is 11.1 Å². The largest absolute Gasteiger partial charge is 0.480 e. The average Bonchev–Trinajstić information content (AvgIpc) is 3.13. The highest BCUT2D eigenvalue weighted by Crippen LogP contribution is 2.33. The summed E-state index contributed by atoms with van der Waals surface area (Å²) in [6.07, 6.45) is 1.20. The smallest absolute Gasteiger partial charge is 0.326 e. The van der Waals surface area contributed by atoms with Gasteiger partial charge in [-0.05, 0) is 59.7 Å². The number of halogens is 1. The Kier molecular flexibility index (Phi) is 10.6. The summed E-state index contributed by atoms with van der Waals surface area (Å²) >= 11 is 6.18. The minimum Gasteiger partial charge on any atom is -0.480 e. The number of carbonyl (C=O) groups is 2. The molecule has 50 heavy (non-hydrogen) atoms. The summed E-state index contributed by atoms with van der Waals surface area (Å²) in [6.45, 7) is 2.39. The van der Waals surface area contributed by atoms with E-state index in [0.717, 1.165) is 11.1 Å². The first-order valence-corrected chi connectivity index (χ1v) is 17.6. The topological polar surface area (TPSA) is 147 Å². The van der Waals surface area contributed by atoms with Gasteiger partial charge in [-0.1, -0.05) is 72.3 Å². The Hall–Kier alpha value is -5.43. The summed E-state index contributed by atoms with van der Waals surface area (Å²) in [5.41, 5.74) is 2.15. The number of aromatic nitrogens is 1. The lowest BCUT2D eigenvalue weighted by molar-refractivity contribution is -0.139. The molecule has 0 spiro atoms. The molecule has 6 rings (SSSR count). The maximum Gasteiger partial charge on any atom is 0.326 e. The SMILES string of the molecule is O=C(NC(Cc1ccc(-c2ccccc2Oc2ccccc2)cc1)C(=O)O)c1cc(Cl)ccc1NS(=O)(=O)c1ccc(N2CCOCC2)nc1. The van der Waals surface area contributed by atoms with Gasteiger partial charge in [-0.25, -0.2) is 18.2 Å². The van der Waals surface area contributed by atoms with E-state index in [9.17, 15) is 23.1 Å². The van der Waals surface area contributed by atoms with E-state index in [2.05, 4.69) is 15.0 Å². The van der Waals surface area contributed by atoms with Gasteiger partial charge >= 0.3 is 5.97 Å². The molecule has 256 valence electrons. The Balaban J connectivity index is 1.15. The van der Waals surface area contributed by atoms with Crippen LogP contribution in [0, 0.1) is 0 Å². The van der Waals surface area contributed by atoms with E-state index in [0.29, 0.717) is 49.2 Å². The van der Waals surface area contributed by atoms with Crippen LogP contribution in [-0.4, -0.2) is 62.7 Å². The third-order valence-corrected chi connectivity index (χ3v) is 9.59. The van der Waals surface area contributed by atoms with Gasteiger partial charge in [0.15, 0.2) is 0 Å². The van der Waals surface area contributed by atoms with Crippen LogP contribution >= 0.6 is 11.6 Å². The Morgan fingerprint density at radius 1 is 0.920 bits per heavy atom. The summed E-state index contributed by atoms with van der Waals surface area (Å²) < 4.78 is 40.5. The molecular formula is C37H33ClN4O7S. The lowest BCUT2D eigenvalue weighted by Gasteiger charge is -2.27. The zero-order chi connectivity index (χ0) is 35.1. The minimum atomic E-state index is -4.18. The molecular weight excluding hydrogens is 680 g/mol. The van der Waals surface area contributed by atoms with Crippen molar-refractivity contribution in [3.63, 3.8) is 0 Å². The van der Waals surface area contributed by atoms with E-state index in [4.69, 9.17) is 21.1 Å². The van der Waals surface area contributed by atoms with Gasteiger partial charge in [0.25, 0.3) is 15.9 Å². The first-order chi connectivity index (χ1) is 24.2. The van der Waals surface area contributed by atoms with Crippen molar-refractivity contribution in [1.29, 1.82) is 0 Å². The molecule has 1 aliphatic rings. The number of carbonyl (C=O) groups excluding carboxylic acids is 1. The number of amides is 1. The predicted molar refractivity (Wildman–Crippen MR) is 191 cm³/mol. The fourth-order valence-corrected chi connectivity index (χ4v) is 6.61. The van der Waals surface area contributed by atoms with Crippen molar-refractivity contribution in [3.05, 3.63) is 132 Å². The molecule has 2 heterocycles. The quantitative estimate of drug-likeness (QED) is 0.136. The van der Waals surface area contributed by atoms with Crippen LogP contribution in [-0.2, 0) is 26.0 Å². The Morgan fingerprint density at radius 3 is 2.34 bits per heavy atom. The van der Waals surface area contributed by atoms with Crippen molar-refractivity contribution < 1.29 is 32.6 Å². The maximum absolute atomic E-state index is 13.5. The number of hydrogen-bond acceptors (Lipinski definition) is 8. The highest BCUT2D eigenvalue weighted by molar-refractivity contribution is 7.92. The Morgan fingerprint density at radius 2 is 1.64 bits per heavy atom. The summed E-state index contributed by atoms with van der Waals surface area (Å²) in [5.74, 6) is -0.101. The molecule has 1 atom stereocenters. The molecule has 0 saturated carbocycles. The van der Waals surface area contributed by atoms with Gasteiger partial charge in [0, 0.05) is 36.3 Å². The number of pyridine rings is 1. The molecule has 1 aliphatic heterocycles. The third kappa shape index (κ3) is 8.40. The number of para-hydroxylation sites is 2. The van der Waals surface area contributed by atoms with Crippen LogP contribution in [0.5, 0.6) is 11.5 Å². The van der Waals surface area contributed by atoms with E-state index < -0.39 is 27.9 Å². The number of hydrogen-bond donors (Lipinski definition) is 3. The third-order valence-electron chi connectivity index (χ3n) is 8.00. The van der Waals surface area contributed by atoms with Crippen LogP contribution < -0.4 is 19.7 Å². The highest BCUT2D eigenvalue weighted by atomic mass is 35.5. The van der Waals surface area contributed by atoms with Crippen LogP contribution in [0.15, 0.2) is 120 Å². The Labute approximate surface area is 294 Å². The van der Waals surface area contributed by atoms with Gasteiger partial charge in [-0.2, -0.15) is 0 Å². The fraction of sp³-hybridized carbons (Fsp3) is 0.162. The maximum atomic E-state index is 13.5. The van der Waals surface area contributed by atoms with Gasteiger partial charge in [-0.3, -0.25) is 9.52 Å². The average molecular weight is 713 g/mol. The number of morpholine rings is 1. The molecule has 1 fully saturated rings. The van der Waals surface area contributed by atoms with Crippen LogP contribution in [0.1, 0.15) is 15.9 Å². The standard InChI is InChI=1S/C37H33ClN4O7S/c38-27-14-16-32(41-50(46,47)29-15-17-35(39-24-29)42-18-20-48-21-19-42)31(23-27)36(43)40-33(37(44)45)22-25-10-12-26(13-11-25)30-8-4-5-9-34(30)49-28-6-2-1-3-7-28/h1-17,23-24,33,41H,18-22H2,(H,40,43)(H,44,45). The molecule has 11 nitrogen and oxygen atoms in total. The second-order valence-electron chi connectivity index (χ2n) is 11.4. The summed E-state index contributed by atoms with van der Waals surface area (Å²) in [4.78, 5) is 32.0. The number of aliphatic carboxylic acids is 1. The number of nitrogens with zero attached hydrogens (tertiary/aromatic N) is 2. The lowest BCUT2D eigenvalue weighted by atomic mass is 9.99. The molecule has 0 bridgehead atoms. The normalized spacial score (nSPS) is 13.7. The summed E-state index contributed by atoms with van der Waals surface area (Å²) in [7, 11) is -4.18. The highest BCUT2D eigenvalue weighted by Gasteiger charge is 2.25. The van der Waals surface area contributed by atoms with E-state index in [1.165, 1.54) is 30.5 Å². The van der Waals surface area contributed by atoms with Crippen molar-refractivity contribution in [1.82, 2.24) is 10.3 Å². The fourth-order valence-electron chi connectivity index (χ4n) is 5.41. The van der Waals surface area contributed by atoms with Gasteiger partial charge in [0.2, 0.25) is 0 Å². The molecule has 0 aliphatic carbocycles. The second kappa shape index (κ2) is 15.4. The number of benzene rings is 4. The van der Waals surface area contributed by atoms with Crippen molar-refractivity contribution >= 4 is 45.0 Å². The molecule has 4 aromatic carbocycles. The van der Waals surface area contributed by atoms with Gasteiger partial charge < -0.3 is 24.8 Å². The molecule has 0 radical (unpaired) electrons. The van der Waals surface area contributed by atoms with Crippen molar-refractivity contribution in [3.8, 4) is 22.6 Å². The molecule has 1 saturated heterocycles. The number of anilines is 2. The van der Waals surface area contributed by atoms with E-state index >= 15 is 0 Å². The number of nitrogens with one attached hydrogen (secondary N) is 2. The predicted octanol–water partition coefficient (Wildman–Crippen LogP) is 6.26. The monoisotopic (exact) mass is 712 g/mol. The van der Waals surface area contributed by atoms with E-state index in [1.807, 2.05) is 71.6 Å². The van der Waals surface area contributed by atoms with Crippen LogP contribution in [0.4, 0.5) is 11.5 Å².